The van der Waals surface area contributed by atoms with Gasteiger partial charge in [-0.25, -0.2) is 4.79 Å². The summed E-state index contributed by atoms with van der Waals surface area (Å²) in [6.07, 6.45) is 14.1. The zero-order chi connectivity index (χ0) is 27.4. The zero-order valence-electron chi connectivity index (χ0n) is 24.8. The molecule has 216 valence electrons. The number of piperidine rings is 2. The Morgan fingerprint density at radius 1 is 0.949 bits per heavy atom. The van der Waals surface area contributed by atoms with Gasteiger partial charge >= 0.3 is 6.09 Å². The van der Waals surface area contributed by atoms with Gasteiger partial charge in [0.25, 0.3) is 5.91 Å². The van der Waals surface area contributed by atoms with E-state index in [0.29, 0.717) is 12.0 Å². The van der Waals surface area contributed by atoms with Crippen LogP contribution in [-0.2, 0) is 4.74 Å². The third-order valence-corrected chi connectivity index (χ3v) is 10.4. The van der Waals surface area contributed by atoms with Crippen molar-refractivity contribution in [3.05, 3.63) is 34.9 Å². The van der Waals surface area contributed by atoms with Crippen molar-refractivity contribution in [2.24, 2.45) is 11.8 Å². The third-order valence-electron chi connectivity index (χ3n) is 10.4. The van der Waals surface area contributed by atoms with Crippen LogP contribution in [-0.4, -0.2) is 77.6 Å². The molecule has 1 spiro atoms. The van der Waals surface area contributed by atoms with Gasteiger partial charge in [-0.1, -0.05) is 57.2 Å². The van der Waals surface area contributed by atoms with Crippen molar-refractivity contribution in [2.45, 2.75) is 109 Å². The van der Waals surface area contributed by atoms with E-state index in [4.69, 9.17) is 4.74 Å². The quantitative estimate of drug-likeness (QED) is 0.394. The van der Waals surface area contributed by atoms with Crippen LogP contribution in [0.5, 0.6) is 0 Å². The van der Waals surface area contributed by atoms with Gasteiger partial charge in [0.05, 0.1) is 0 Å². The molecule has 1 saturated carbocycles. The topological polar surface area (TPSA) is 53.1 Å². The first-order valence-corrected chi connectivity index (χ1v) is 15.9. The average molecular weight is 538 g/mol. The Morgan fingerprint density at radius 3 is 2.28 bits per heavy atom. The molecule has 3 heterocycles. The zero-order valence-corrected chi connectivity index (χ0v) is 24.8. The predicted octanol–water partition coefficient (Wildman–Crippen LogP) is 6.58. The van der Waals surface area contributed by atoms with E-state index < -0.39 is 0 Å². The van der Waals surface area contributed by atoms with Crippen LogP contribution in [0.15, 0.2) is 18.2 Å². The Morgan fingerprint density at radius 2 is 1.62 bits per heavy atom. The molecular weight excluding hydrogens is 486 g/mol. The summed E-state index contributed by atoms with van der Waals surface area (Å²) in [5.74, 6) is 1.69. The smallest absolute Gasteiger partial charge is 0.410 e. The largest absolute Gasteiger partial charge is 0.443 e. The van der Waals surface area contributed by atoms with Crippen LogP contribution in [0.3, 0.4) is 0 Å². The van der Waals surface area contributed by atoms with E-state index in [1.165, 1.54) is 44.9 Å². The molecule has 1 aliphatic carbocycles. The normalized spacial score (nSPS) is 26.6. The van der Waals surface area contributed by atoms with Gasteiger partial charge in [0.1, 0.15) is 5.60 Å². The highest BCUT2D eigenvalue weighted by atomic mass is 16.6. The standard InChI is InChI=1S/C33H51N3O3/c1-4-5-10-27-11-7-12-28(23-27)24-36-22-17-33(39-32(36)38)15-20-34(21-16-33)29-13-18-35(19-14-29)31(37)30-25(2)8-6-9-26(30)3/h6,8-9,27-29H,4-5,7,10-24H2,1-3H3/t27?,28-/m0/s1. The SMILES string of the molecule is CCCCC1CCC[C@H](CN2CCC3(CCN(C4CCN(C(=O)c5c(C)cccc5C)CC4)CC3)OC2=O)C1. The highest BCUT2D eigenvalue weighted by Gasteiger charge is 2.44. The number of benzene rings is 1. The molecule has 39 heavy (non-hydrogen) atoms. The number of hydrogen-bond donors (Lipinski definition) is 0. The number of rotatable bonds is 7. The highest BCUT2D eigenvalue weighted by Crippen LogP contribution is 2.38. The lowest BCUT2D eigenvalue weighted by Crippen LogP contribution is -2.57. The molecule has 1 aromatic rings. The number of unbranched alkanes of at least 4 members (excludes halogenated alkanes) is 1. The van der Waals surface area contributed by atoms with Gasteiger partial charge in [-0.3, -0.25) is 9.69 Å². The van der Waals surface area contributed by atoms with E-state index in [1.807, 2.05) is 41.8 Å². The summed E-state index contributed by atoms with van der Waals surface area (Å²) in [6.45, 7) is 11.7. The molecule has 5 rings (SSSR count). The number of nitrogens with zero attached hydrogens (tertiary/aromatic N) is 3. The number of carbonyl (C=O) groups is 2. The molecule has 0 aromatic heterocycles. The number of carbonyl (C=O) groups excluding carboxylic acids is 2. The van der Waals surface area contributed by atoms with Crippen LogP contribution in [0.4, 0.5) is 4.79 Å². The number of amides is 2. The van der Waals surface area contributed by atoms with Crippen molar-refractivity contribution in [1.82, 2.24) is 14.7 Å². The van der Waals surface area contributed by atoms with Crippen molar-refractivity contribution in [2.75, 3.05) is 39.3 Å². The molecule has 4 aliphatic rings. The third kappa shape index (κ3) is 6.64. The Hall–Kier alpha value is -2.08. The fourth-order valence-electron chi connectivity index (χ4n) is 7.92. The molecule has 2 atom stereocenters. The molecule has 0 radical (unpaired) electrons. The maximum Gasteiger partial charge on any atom is 0.410 e. The van der Waals surface area contributed by atoms with Gasteiger partial charge in [0, 0.05) is 70.1 Å². The molecule has 2 amide bonds. The molecular formula is C33H51N3O3. The van der Waals surface area contributed by atoms with E-state index in [-0.39, 0.29) is 17.6 Å². The predicted molar refractivity (Wildman–Crippen MR) is 156 cm³/mol. The molecule has 0 bridgehead atoms. The fraction of sp³-hybridized carbons (Fsp3) is 0.758. The minimum absolute atomic E-state index is 0.0660. The molecule has 3 aliphatic heterocycles. The van der Waals surface area contributed by atoms with Crippen LogP contribution in [0.25, 0.3) is 0 Å². The first-order chi connectivity index (χ1) is 18.9. The molecule has 1 aromatic carbocycles. The van der Waals surface area contributed by atoms with Crippen LogP contribution < -0.4 is 0 Å². The molecule has 6 nitrogen and oxygen atoms in total. The lowest BCUT2D eigenvalue weighted by atomic mass is 9.78. The summed E-state index contributed by atoms with van der Waals surface area (Å²) in [7, 11) is 0. The Bertz CT molecular complexity index is 974. The number of ether oxygens (including phenoxy) is 1. The Kier molecular flexibility index (Phi) is 9.20. The summed E-state index contributed by atoms with van der Waals surface area (Å²) >= 11 is 0. The second-order valence-electron chi connectivity index (χ2n) is 13.1. The maximum absolute atomic E-state index is 13.2. The molecule has 4 fully saturated rings. The minimum Gasteiger partial charge on any atom is -0.443 e. The molecule has 1 unspecified atom stereocenters. The van der Waals surface area contributed by atoms with Crippen molar-refractivity contribution in [1.29, 1.82) is 0 Å². The van der Waals surface area contributed by atoms with Crippen molar-refractivity contribution >= 4 is 12.0 Å². The number of hydrogen-bond acceptors (Lipinski definition) is 4. The van der Waals surface area contributed by atoms with E-state index in [1.54, 1.807) is 0 Å². The van der Waals surface area contributed by atoms with Crippen LogP contribution in [0.2, 0.25) is 0 Å². The molecule has 3 saturated heterocycles. The van der Waals surface area contributed by atoms with Gasteiger partial charge < -0.3 is 14.5 Å². The fourth-order valence-corrected chi connectivity index (χ4v) is 7.92. The summed E-state index contributed by atoms with van der Waals surface area (Å²) in [6, 6.07) is 6.62. The van der Waals surface area contributed by atoms with Gasteiger partial charge in [0.15, 0.2) is 0 Å². The first kappa shape index (κ1) is 28.4. The number of likely N-dealkylation sites (tertiary alicyclic amines) is 2. The van der Waals surface area contributed by atoms with Gasteiger partial charge in [-0.15, -0.1) is 0 Å². The maximum atomic E-state index is 13.2. The van der Waals surface area contributed by atoms with E-state index in [2.05, 4.69) is 11.8 Å². The van der Waals surface area contributed by atoms with Crippen molar-refractivity contribution in [3.8, 4) is 0 Å². The average Bonchev–Trinajstić information content (AvgIpc) is 2.94. The Labute approximate surface area is 236 Å². The van der Waals surface area contributed by atoms with Gasteiger partial charge in [-0.2, -0.15) is 0 Å². The van der Waals surface area contributed by atoms with Crippen LogP contribution in [0.1, 0.15) is 105 Å². The van der Waals surface area contributed by atoms with E-state index >= 15 is 0 Å². The summed E-state index contributed by atoms with van der Waals surface area (Å²) in [4.78, 5) is 33.0. The second-order valence-corrected chi connectivity index (χ2v) is 13.1. The lowest BCUT2D eigenvalue weighted by Gasteiger charge is -2.49. The van der Waals surface area contributed by atoms with Crippen molar-refractivity contribution < 1.29 is 14.3 Å². The van der Waals surface area contributed by atoms with Crippen LogP contribution in [0, 0.1) is 25.7 Å². The van der Waals surface area contributed by atoms with Gasteiger partial charge in [0.2, 0.25) is 0 Å². The number of aryl methyl sites for hydroxylation is 2. The summed E-state index contributed by atoms with van der Waals surface area (Å²) in [5, 5.41) is 0. The van der Waals surface area contributed by atoms with E-state index in [9.17, 15) is 9.59 Å². The van der Waals surface area contributed by atoms with Crippen molar-refractivity contribution in [3.63, 3.8) is 0 Å². The minimum atomic E-state index is -0.265. The molecule has 0 N–H and O–H groups in total. The lowest BCUT2D eigenvalue weighted by molar-refractivity contribution is -0.0899. The molecule has 6 heteroatoms. The van der Waals surface area contributed by atoms with Crippen LogP contribution >= 0.6 is 0 Å². The first-order valence-electron chi connectivity index (χ1n) is 15.9. The summed E-state index contributed by atoms with van der Waals surface area (Å²) < 4.78 is 6.22. The van der Waals surface area contributed by atoms with E-state index in [0.717, 1.165) is 94.0 Å². The monoisotopic (exact) mass is 537 g/mol. The van der Waals surface area contributed by atoms with Gasteiger partial charge in [-0.05, 0) is 62.5 Å². The highest BCUT2D eigenvalue weighted by molar-refractivity contribution is 5.97. The summed E-state index contributed by atoms with van der Waals surface area (Å²) in [5.41, 5.74) is 2.75. The second kappa shape index (κ2) is 12.6. The Balaban J connectivity index is 1.06.